The fourth-order valence-corrected chi connectivity index (χ4v) is 3.14. The van der Waals surface area contributed by atoms with Crippen molar-refractivity contribution in [1.29, 1.82) is 0 Å². The van der Waals surface area contributed by atoms with Crippen LogP contribution in [-0.2, 0) is 6.42 Å². The van der Waals surface area contributed by atoms with Crippen LogP contribution in [0.25, 0.3) is 0 Å². The highest BCUT2D eigenvalue weighted by molar-refractivity contribution is 14.1. The average Bonchev–Trinajstić information content (AvgIpc) is 2.40. The van der Waals surface area contributed by atoms with Gasteiger partial charge < -0.3 is 5.32 Å². The Morgan fingerprint density at radius 3 is 2.59 bits per heavy atom. The molecule has 0 saturated heterocycles. The van der Waals surface area contributed by atoms with Crippen LogP contribution in [0.2, 0.25) is 5.02 Å². The molecule has 116 valence electrons. The Hall–Kier alpha value is -1.14. The maximum atomic E-state index is 13.1. The summed E-state index contributed by atoms with van der Waals surface area (Å²) in [5.41, 5.74) is 0.969. The second kappa shape index (κ2) is 6.96. The van der Waals surface area contributed by atoms with Gasteiger partial charge in [-0.05, 0) is 72.7 Å². The molecule has 2 aromatic rings. The number of carbonyl (C=O) groups excluding carboxylic acids is 1. The SMILES string of the molecule is CC(C)(Cc1ccccc1Cl)NC(=O)c1ccc(F)cc1I. The fraction of sp³-hybridized carbons (Fsp3) is 0.235. The summed E-state index contributed by atoms with van der Waals surface area (Å²) in [5.74, 6) is -0.572. The van der Waals surface area contributed by atoms with Crippen molar-refractivity contribution < 1.29 is 9.18 Å². The minimum absolute atomic E-state index is 0.221. The number of halogens is 3. The molecule has 2 rings (SSSR count). The molecule has 22 heavy (non-hydrogen) atoms. The van der Waals surface area contributed by atoms with Crippen molar-refractivity contribution in [3.8, 4) is 0 Å². The average molecular weight is 432 g/mol. The Morgan fingerprint density at radius 1 is 1.27 bits per heavy atom. The molecule has 0 atom stereocenters. The van der Waals surface area contributed by atoms with E-state index in [9.17, 15) is 9.18 Å². The number of hydrogen-bond donors (Lipinski definition) is 1. The monoisotopic (exact) mass is 431 g/mol. The second-order valence-electron chi connectivity index (χ2n) is 5.73. The predicted octanol–water partition coefficient (Wildman–Crippen LogP) is 4.83. The lowest BCUT2D eigenvalue weighted by molar-refractivity contribution is 0.0912. The first-order valence-electron chi connectivity index (χ1n) is 6.79. The van der Waals surface area contributed by atoms with Gasteiger partial charge >= 0.3 is 0 Å². The standard InChI is InChI=1S/C17H16ClFINO/c1-17(2,10-11-5-3-4-6-14(11)18)21-16(22)13-8-7-12(19)9-15(13)20/h3-9H,10H2,1-2H3,(H,21,22). The quantitative estimate of drug-likeness (QED) is 0.690. The summed E-state index contributed by atoms with van der Waals surface area (Å²) in [5, 5.41) is 3.67. The van der Waals surface area contributed by atoms with E-state index < -0.39 is 5.54 Å². The Bertz CT molecular complexity index is 703. The molecule has 0 aliphatic heterocycles. The van der Waals surface area contributed by atoms with Gasteiger partial charge in [-0.25, -0.2) is 4.39 Å². The topological polar surface area (TPSA) is 29.1 Å². The maximum Gasteiger partial charge on any atom is 0.252 e. The van der Waals surface area contributed by atoms with Gasteiger partial charge in [0.1, 0.15) is 5.82 Å². The molecular formula is C17H16ClFINO. The summed E-state index contributed by atoms with van der Waals surface area (Å²) < 4.78 is 13.7. The molecule has 0 aliphatic carbocycles. The van der Waals surface area contributed by atoms with Crippen LogP contribution in [0.4, 0.5) is 4.39 Å². The molecule has 2 aromatic carbocycles. The molecule has 1 amide bonds. The van der Waals surface area contributed by atoms with Gasteiger partial charge in [-0.15, -0.1) is 0 Å². The van der Waals surface area contributed by atoms with E-state index >= 15 is 0 Å². The number of carbonyl (C=O) groups is 1. The van der Waals surface area contributed by atoms with Crippen molar-refractivity contribution in [2.75, 3.05) is 0 Å². The van der Waals surface area contributed by atoms with Crippen LogP contribution in [0.15, 0.2) is 42.5 Å². The summed E-state index contributed by atoms with van der Waals surface area (Å²) in [6.45, 7) is 3.87. The predicted molar refractivity (Wildman–Crippen MR) is 95.8 cm³/mol. The summed E-state index contributed by atoms with van der Waals surface area (Å²) in [4.78, 5) is 12.4. The van der Waals surface area contributed by atoms with Gasteiger partial charge in [0.25, 0.3) is 5.91 Å². The van der Waals surface area contributed by atoms with Crippen molar-refractivity contribution in [2.24, 2.45) is 0 Å². The molecule has 0 radical (unpaired) electrons. The van der Waals surface area contributed by atoms with Gasteiger partial charge in [-0.2, -0.15) is 0 Å². The summed E-state index contributed by atoms with van der Waals surface area (Å²) in [7, 11) is 0. The van der Waals surface area contributed by atoms with Crippen molar-refractivity contribution in [3.63, 3.8) is 0 Å². The Labute approximate surface area is 148 Å². The minimum atomic E-state index is -0.473. The van der Waals surface area contributed by atoms with Crippen LogP contribution < -0.4 is 5.32 Å². The van der Waals surface area contributed by atoms with Crippen molar-refractivity contribution in [1.82, 2.24) is 5.32 Å². The molecule has 2 nitrogen and oxygen atoms in total. The zero-order chi connectivity index (χ0) is 16.3. The molecule has 0 aliphatic rings. The smallest absolute Gasteiger partial charge is 0.252 e. The summed E-state index contributed by atoms with van der Waals surface area (Å²) >= 11 is 8.13. The molecule has 1 N–H and O–H groups in total. The van der Waals surface area contributed by atoms with Gasteiger partial charge in [0.05, 0.1) is 5.56 Å². The van der Waals surface area contributed by atoms with Gasteiger partial charge in [-0.1, -0.05) is 29.8 Å². The first-order valence-corrected chi connectivity index (χ1v) is 8.25. The number of amides is 1. The Kier molecular flexibility index (Phi) is 5.45. The molecule has 0 saturated carbocycles. The molecule has 0 aromatic heterocycles. The van der Waals surface area contributed by atoms with E-state index in [1.165, 1.54) is 18.2 Å². The first-order chi connectivity index (χ1) is 10.3. The van der Waals surface area contributed by atoms with E-state index in [1.54, 1.807) is 0 Å². The highest BCUT2D eigenvalue weighted by Crippen LogP contribution is 2.22. The number of nitrogens with one attached hydrogen (secondary N) is 1. The van der Waals surface area contributed by atoms with Gasteiger partial charge in [0.15, 0.2) is 0 Å². The molecular weight excluding hydrogens is 416 g/mol. The molecule has 0 bridgehead atoms. The lowest BCUT2D eigenvalue weighted by atomic mass is 9.94. The summed E-state index contributed by atoms with van der Waals surface area (Å²) in [6.07, 6.45) is 0.607. The van der Waals surface area contributed by atoms with E-state index in [0.717, 1.165) is 5.56 Å². The third-order valence-corrected chi connectivity index (χ3v) is 4.48. The molecule has 0 fully saturated rings. The molecule has 0 spiro atoms. The summed E-state index contributed by atoms with van der Waals surface area (Å²) in [6, 6.07) is 11.7. The molecule has 0 heterocycles. The zero-order valence-corrected chi connectivity index (χ0v) is 15.2. The third-order valence-electron chi connectivity index (χ3n) is 3.22. The maximum absolute atomic E-state index is 13.1. The van der Waals surface area contributed by atoms with Crippen LogP contribution in [0, 0.1) is 9.39 Å². The van der Waals surface area contributed by atoms with Crippen molar-refractivity contribution >= 4 is 40.1 Å². The second-order valence-corrected chi connectivity index (χ2v) is 7.30. The van der Waals surface area contributed by atoms with E-state index in [4.69, 9.17) is 11.6 Å². The van der Waals surface area contributed by atoms with Crippen LogP contribution in [-0.4, -0.2) is 11.4 Å². The largest absolute Gasteiger partial charge is 0.347 e. The normalized spacial score (nSPS) is 11.3. The van der Waals surface area contributed by atoms with Crippen LogP contribution in [0.1, 0.15) is 29.8 Å². The van der Waals surface area contributed by atoms with E-state index in [-0.39, 0.29) is 11.7 Å². The molecule has 5 heteroatoms. The van der Waals surface area contributed by atoms with Crippen LogP contribution in [0.5, 0.6) is 0 Å². The third kappa shape index (κ3) is 4.43. The molecule has 0 unspecified atom stereocenters. The number of benzene rings is 2. The highest BCUT2D eigenvalue weighted by atomic mass is 127. The van der Waals surface area contributed by atoms with Crippen molar-refractivity contribution in [3.05, 3.63) is 68.0 Å². The van der Waals surface area contributed by atoms with E-state index in [2.05, 4.69) is 5.32 Å². The van der Waals surface area contributed by atoms with Gasteiger partial charge in [0, 0.05) is 14.1 Å². The first kappa shape index (κ1) is 17.2. The van der Waals surface area contributed by atoms with Crippen LogP contribution >= 0.6 is 34.2 Å². The van der Waals surface area contributed by atoms with Crippen LogP contribution in [0.3, 0.4) is 0 Å². The zero-order valence-electron chi connectivity index (χ0n) is 12.3. The van der Waals surface area contributed by atoms with E-state index in [1.807, 2.05) is 60.7 Å². The Morgan fingerprint density at radius 2 is 1.95 bits per heavy atom. The van der Waals surface area contributed by atoms with Crippen molar-refractivity contribution in [2.45, 2.75) is 25.8 Å². The van der Waals surface area contributed by atoms with Gasteiger partial charge in [-0.3, -0.25) is 4.79 Å². The minimum Gasteiger partial charge on any atom is -0.347 e. The lowest BCUT2D eigenvalue weighted by Gasteiger charge is -2.27. The number of hydrogen-bond acceptors (Lipinski definition) is 1. The van der Waals surface area contributed by atoms with Gasteiger partial charge in [0.2, 0.25) is 0 Å². The van der Waals surface area contributed by atoms with E-state index in [0.29, 0.717) is 20.6 Å². The lowest BCUT2D eigenvalue weighted by Crippen LogP contribution is -2.45. The fourth-order valence-electron chi connectivity index (χ4n) is 2.21. The Balaban J connectivity index is 2.14. The number of rotatable bonds is 4. The highest BCUT2D eigenvalue weighted by Gasteiger charge is 2.23.